The van der Waals surface area contributed by atoms with Crippen LogP contribution in [0.3, 0.4) is 0 Å². The van der Waals surface area contributed by atoms with Gasteiger partial charge >= 0.3 is 5.97 Å². The minimum atomic E-state index is -1.02. The molecule has 124 valence electrons. The third kappa shape index (κ3) is 3.70. The van der Waals surface area contributed by atoms with Crippen LogP contribution in [0.4, 0.5) is 0 Å². The van der Waals surface area contributed by atoms with Crippen molar-refractivity contribution in [2.75, 3.05) is 0 Å². The molecule has 0 aliphatic rings. The number of amides is 1. The molecule has 0 bridgehead atoms. The van der Waals surface area contributed by atoms with Gasteiger partial charge in [0.1, 0.15) is 11.7 Å². The summed E-state index contributed by atoms with van der Waals surface area (Å²) in [7, 11) is 0. The Morgan fingerprint density at radius 1 is 1.35 bits per heavy atom. The molecule has 0 aliphatic carbocycles. The molecule has 0 saturated carbocycles. The summed E-state index contributed by atoms with van der Waals surface area (Å²) in [5.41, 5.74) is 3.21. The van der Waals surface area contributed by atoms with E-state index in [2.05, 4.69) is 10.5 Å². The lowest BCUT2D eigenvalue weighted by atomic mass is 9.99. The average Bonchev–Trinajstić information content (AvgIpc) is 2.87. The van der Waals surface area contributed by atoms with Gasteiger partial charge in [-0.05, 0) is 37.0 Å². The number of aryl methyl sites for hydroxylation is 2. The van der Waals surface area contributed by atoms with Crippen molar-refractivity contribution in [1.29, 1.82) is 0 Å². The molecule has 1 heterocycles. The summed E-state index contributed by atoms with van der Waals surface area (Å²) in [6.45, 7) is 7.58. The van der Waals surface area contributed by atoms with E-state index in [4.69, 9.17) is 4.52 Å². The molecule has 6 heteroatoms. The predicted molar refractivity (Wildman–Crippen MR) is 86.2 cm³/mol. The van der Waals surface area contributed by atoms with Gasteiger partial charge in [-0.3, -0.25) is 4.79 Å². The maximum Gasteiger partial charge on any atom is 0.326 e. The van der Waals surface area contributed by atoms with Gasteiger partial charge in [-0.1, -0.05) is 31.5 Å². The zero-order chi connectivity index (χ0) is 17.1. The smallest absolute Gasteiger partial charge is 0.326 e. The van der Waals surface area contributed by atoms with Gasteiger partial charge in [0, 0.05) is 5.39 Å². The van der Waals surface area contributed by atoms with Crippen molar-refractivity contribution in [3.05, 3.63) is 29.0 Å². The summed E-state index contributed by atoms with van der Waals surface area (Å²) in [5, 5.41) is 16.6. The highest BCUT2D eigenvalue weighted by Crippen LogP contribution is 2.24. The Hall–Kier alpha value is -2.37. The van der Waals surface area contributed by atoms with Crippen LogP contribution in [0, 0.1) is 19.8 Å². The fraction of sp³-hybridized carbons (Fsp3) is 0.471. The fourth-order valence-corrected chi connectivity index (χ4v) is 2.63. The average molecular weight is 318 g/mol. The van der Waals surface area contributed by atoms with Crippen molar-refractivity contribution in [2.45, 2.75) is 46.6 Å². The summed E-state index contributed by atoms with van der Waals surface area (Å²) >= 11 is 0. The topological polar surface area (TPSA) is 92.4 Å². The predicted octanol–water partition coefficient (Wildman–Crippen LogP) is 2.60. The third-order valence-corrected chi connectivity index (χ3v) is 4.10. The lowest BCUT2D eigenvalue weighted by Crippen LogP contribution is -2.45. The summed E-state index contributed by atoms with van der Waals surface area (Å²) < 4.78 is 5.31. The van der Waals surface area contributed by atoms with E-state index in [1.807, 2.05) is 32.9 Å². The van der Waals surface area contributed by atoms with Crippen molar-refractivity contribution < 1.29 is 19.2 Å². The number of benzene rings is 1. The quantitative estimate of drug-likeness (QED) is 0.854. The van der Waals surface area contributed by atoms with E-state index < -0.39 is 12.0 Å². The molecule has 2 rings (SSSR count). The third-order valence-electron chi connectivity index (χ3n) is 4.10. The van der Waals surface area contributed by atoms with E-state index >= 15 is 0 Å². The molecule has 2 N–H and O–H groups in total. The molecule has 23 heavy (non-hydrogen) atoms. The first-order valence-electron chi connectivity index (χ1n) is 7.71. The minimum Gasteiger partial charge on any atom is -0.480 e. The highest BCUT2D eigenvalue weighted by Gasteiger charge is 2.26. The Balaban J connectivity index is 2.19. The first kappa shape index (κ1) is 17.0. The number of carboxylic acids is 1. The second kappa shape index (κ2) is 6.81. The molecule has 0 radical (unpaired) electrons. The SMILES string of the molecule is CCC(C)C(NC(=O)Cc1noc2c(C)cc(C)cc12)C(=O)O. The van der Waals surface area contributed by atoms with E-state index in [0.717, 1.165) is 16.5 Å². The number of carbonyl (C=O) groups excluding carboxylic acids is 1. The van der Waals surface area contributed by atoms with Crippen LogP contribution in [0.5, 0.6) is 0 Å². The number of hydrogen-bond acceptors (Lipinski definition) is 4. The summed E-state index contributed by atoms with van der Waals surface area (Å²) in [5.74, 6) is -1.54. The fourth-order valence-electron chi connectivity index (χ4n) is 2.63. The van der Waals surface area contributed by atoms with Gasteiger partial charge in [-0.2, -0.15) is 0 Å². The van der Waals surface area contributed by atoms with Crippen LogP contribution in [0.25, 0.3) is 11.0 Å². The molecule has 0 fully saturated rings. The first-order valence-corrected chi connectivity index (χ1v) is 7.71. The molecule has 1 aromatic carbocycles. The zero-order valence-corrected chi connectivity index (χ0v) is 13.8. The van der Waals surface area contributed by atoms with Crippen LogP contribution in [0.1, 0.15) is 37.1 Å². The van der Waals surface area contributed by atoms with E-state index in [0.29, 0.717) is 17.7 Å². The second-order valence-electron chi connectivity index (χ2n) is 6.03. The number of nitrogens with one attached hydrogen (secondary N) is 1. The molecular weight excluding hydrogens is 296 g/mol. The molecule has 0 spiro atoms. The van der Waals surface area contributed by atoms with Crippen LogP contribution in [-0.2, 0) is 16.0 Å². The van der Waals surface area contributed by atoms with Crippen LogP contribution >= 0.6 is 0 Å². The zero-order valence-electron chi connectivity index (χ0n) is 13.8. The maximum absolute atomic E-state index is 12.2. The van der Waals surface area contributed by atoms with E-state index in [-0.39, 0.29) is 18.2 Å². The normalized spacial score (nSPS) is 13.7. The molecule has 2 atom stereocenters. The van der Waals surface area contributed by atoms with Crippen LogP contribution < -0.4 is 5.32 Å². The molecule has 1 amide bonds. The summed E-state index contributed by atoms with van der Waals surface area (Å²) in [4.78, 5) is 23.5. The van der Waals surface area contributed by atoms with Crippen molar-refractivity contribution >= 4 is 22.8 Å². The lowest BCUT2D eigenvalue weighted by molar-refractivity contribution is -0.143. The number of carbonyl (C=O) groups is 2. The number of aromatic nitrogens is 1. The second-order valence-corrected chi connectivity index (χ2v) is 6.03. The van der Waals surface area contributed by atoms with Crippen LogP contribution in [0.2, 0.25) is 0 Å². The Morgan fingerprint density at radius 2 is 2.04 bits per heavy atom. The van der Waals surface area contributed by atoms with E-state index in [1.54, 1.807) is 6.92 Å². The Morgan fingerprint density at radius 3 is 2.65 bits per heavy atom. The van der Waals surface area contributed by atoms with Crippen molar-refractivity contribution in [2.24, 2.45) is 5.92 Å². The van der Waals surface area contributed by atoms with E-state index in [9.17, 15) is 14.7 Å². The minimum absolute atomic E-state index is 0.00386. The number of fused-ring (bicyclic) bond motifs is 1. The number of hydrogen-bond donors (Lipinski definition) is 2. The molecular formula is C17H22N2O4. The van der Waals surface area contributed by atoms with Gasteiger partial charge in [0.15, 0.2) is 5.58 Å². The van der Waals surface area contributed by atoms with Crippen LogP contribution in [0.15, 0.2) is 16.7 Å². The van der Waals surface area contributed by atoms with Gasteiger partial charge in [-0.15, -0.1) is 0 Å². The molecule has 6 nitrogen and oxygen atoms in total. The van der Waals surface area contributed by atoms with Crippen molar-refractivity contribution in [3.63, 3.8) is 0 Å². The highest BCUT2D eigenvalue weighted by molar-refractivity contribution is 5.90. The maximum atomic E-state index is 12.2. The highest BCUT2D eigenvalue weighted by atomic mass is 16.5. The van der Waals surface area contributed by atoms with Gasteiger partial charge in [-0.25, -0.2) is 4.79 Å². The summed E-state index contributed by atoms with van der Waals surface area (Å²) in [6, 6.07) is 3.01. The Kier molecular flexibility index (Phi) is 5.03. The van der Waals surface area contributed by atoms with Gasteiger partial charge in [0.05, 0.1) is 6.42 Å². The van der Waals surface area contributed by atoms with Gasteiger partial charge < -0.3 is 14.9 Å². The monoisotopic (exact) mass is 318 g/mol. The number of nitrogens with zero attached hydrogens (tertiary/aromatic N) is 1. The van der Waals surface area contributed by atoms with Gasteiger partial charge in [0.25, 0.3) is 0 Å². The standard InChI is InChI=1S/C17H22N2O4/c1-5-10(3)15(17(21)22)18-14(20)8-13-12-7-9(2)6-11(4)16(12)23-19-13/h6-7,10,15H,5,8H2,1-4H3,(H,18,20)(H,21,22). The largest absolute Gasteiger partial charge is 0.480 e. The first-order chi connectivity index (χ1) is 10.8. The van der Waals surface area contributed by atoms with Crippen LogP contribution in [-0.4, -0.2) is 28.2 Å². The number of carboxylic acid groups (broad SMARTS) is 1. The Bertz CT molecular complexity index is 736. The Labute approximate surface area is 134 Å². The molecule has 0 saturated heterocycles. The van der Waals surface area contributed by atoms with Crippen molar-refractivity contribution in [1.82, 2.24) is 10.5 Å². The van der Waals surface area contributed by atoms with E-state index in [1.165, 1.54) is 0 Å². The molecule has 0 aliphatic heterocycles. The molecule has 1 aromatic heterocycles. The summed E-state index contributed by atoms with van der Waals surface area (Å²) in [6.07, 6.45) is 0.665. The lowest BCUT2D eigenvalue weighted by Gasteiger charge is -2.19. The molecule has 2 unspecified atom stereocenters. The number of aliphatic carboxylic acids is 1. The van der Waals surface area contributed by atoms with Gasteiger partial charge in [0.2, 0.25) is 5.91 Å². The molecule has 2 aromatic rings. The van der Waals surface area contributed by atoms with Crippen molar-refractivity contribution in [3.8, 4) is 0 Å². The number of rotatable bonds is 6.